The van der Waals surface area contributed by atoms with E-state index in [9.17, 15) is 27.9 Å². The molecule has 1 heterocycles. The van der Waals surface area contributed by atoms with Crippen molar-refractivity contribution in [1.29, 1.82) is 0 Å². The van der Waals surface area contributed by atoms with Gasteiger partial charge in [0.15, 0.2) is 0 Å². The number of aliphatic carboxylic acids is 1. The predicted octanol–water partition coefficient (Wildman–Crippen LogP) is 2.95. The molecular formula is C19H19F3N2O3. The number of alkyl halides is 3. The number of amides is 2. The van der Waals surface area contributed by atoms with E-state index in [1.165, 1.54) is 17.0 Å². The van der Waals surface area contributed by atoms with Gasteiger partial charge in [0.1, 0.15) is 0 Å². The summed E-state index contributed by atoms with van der Waals surface area (Å²) in [6.45, 7) is 0.551. The second-order valence-corrected chi connectivity index (χ2v) is 6.97. The van der Waals surface area contributed by atoms with Crippen molar-refractivity contribution in [3.8, 4) is 11.8 Å². The van der Waals surface area contributed by atoms with Crippen molar-refractivity contribution in [1.82, 2.24) is 10.2 Å². The Kier molecular flexibility index (Phi) is 5.05. The minimum atomic E-state index is -4.43. The summed E-state index contributed by atoms with van der Waals surface area (Å²) in [4.78, 5) is 25.4. The molecule has 3 rings (SSSR count). The summed E-state index contributed by atoms with van der Waals surface area (Å²) in [5, 5.41) is 12.1. The van der Waals surface area contributed by atoms with Crippen LogP contribution in [0, 0.1) is 23.2 Å². The zero-order chi connectivity index (χ0) is 19.7. The van der Waals surface area contributed by atoms with Crippen LogP contribution in [0.4, 0.5) is 18.0 Å². The van der Waals surface area contributed by atoms with Crippen LogP contribution in [0.15, 0.2) is 24.3 Å². The Bertz CT molecular complexity index is 812. The van der Waals surface area contributed by atoms with E-state index in [4.69, 9.17) is 0 Å². The van der Waals surface area contributed by atoms with Crippen molar-refractivity contribution in [3.63, 3.8) is 0 Å². The molecule has 144 valence electrons. The second-order valence-electron chi connectivity index (χ2n) is 6.97. The van der Waals surface area contributed by atoms with Gasteiger partial charge in [-0.2, -0.15) is 13.2 Å². The third-order valence-corrected chi connectivity index (χ3v) is 5.33. The van der Waals surface area contributed by atoms with Crippen LogP contribution in [0.1, 0.15) is 30.4 Å². The van der Waals surface area contributed by atoms with Crippen molar-refractivity contribution in [2.45, 2.75) is 25.4 Å². The Labute approximate surface area is 154 Å². The topological polar surface area (TPSA) is 69.6 Å². The molecule has 2 N–H and O–H groups in total. The summed E-state index contributed by atoms with van der Waals surface area (Å²) < 4.78 is 38.0. The Hall–Kier alpha value is -2.69. The van der Waals surface area contributed by atoms with Gasteiger partial charge in [0.05, 0.1) is 17.5 Å². The van der Waals surface area contributed by atoms with E-state index in [1.807, 2.05) is 0 Å². The molecule has 1 aromatic carbocycles. The quantitative estimate of drug-likeness (QED) is 0.775. The molecule has 1 aromatic rings. The lowest BCUT2D eigenvalue weighted by molar-refractivity contribution is -0.149. The molecule has 0 spiro atoms. The smallest absolute Gasteiger partial charge is 0.416 e. The van der Waals surface area contributed by atoms with Crippen molar-refractivity contribution in [2.24, 2.45) is 11.3 Å². The van der Waals surface area contributed by atoms with Gasteiger partial charge >= 0.3 is 18.2 Å². The molecule has 1 aliphatic carbocycles. The molecule has 8 heteroatoms. The fourth-order valence-corrected chi connectivity index (χ4v) is 3.94. The summed E-state index contributed by atoms with van der Waals surface area (Å²) in [6.07, 6.45) is -2.20. The third kappa shape index (κ3) is 3.87. The maximum absolute atomic E-state index is 12.7. The van der Waals surface area contributed by atoms with E-state index in [0.29, 0.717) is 13.0 Å². The lowest BCUT2D eigenvalue weighted by atomic mass is 9.81. The maximum Gasteiger partial charge on any atom is 0.416 e. The number of nitrogens with zero attached hydrogens (tertiary/aromatic N) is 1. The van der Waals surface area contributed by atoms with Crippen LogP contribution in [-0.4, -0.2) is 41.6 Å². The molecule has 1 aliphatic heterocycles. The summed E-state index contributed by atoms with van der Waals surface area (Å²) in [5.74, 6) is 4.33. The molecule has 2 aliphatic rings. The summed E-state index contributed by atoms with van der Waals surface area (Å²) in [6, 6.07) is 4.26. The molecule has 1 saturated carbocycles. The SMILES string of the molecule is O=C(NCC#Cc1cccc(C(F)(F)F)c1)N1C[C@@H]2CCC[C@@]2(C(=O)O)C1. The molecule has 2 atom stereocenters. The van der Waals surface area contributed by atoms with Gasteiger partial charge in [0.2, 0.25) is 0 Å². The van der Waals surface area contributed by atoms with Crippen LogP contribution < -0.4 is 5.32 Å². The highest BCUT2D eigenvalue weighted by atomic mass is 19.4. The monoisotopic (exact) mass is 380 g/mol. The van der Waals surface area contributed by atoms with E-state index in [2.05, 4.69) is 17.2 Å². The van der Waals surface area contributed by atoms with Gasteiger partial charge in [-0.05, 0) is 37.0 Å². The van der Waals surface area contributed by atoms with Gasteiger partial charge in [-0.25, -0.2) is 4.79 Å². The first-order valence-corrected chi connectivity index (χ1v) is 8.65. The van der Waals surface area contributed by atoms with Crippen molar-refractivity contribution in [2.75, 3.05) is 19.6 Å². The molecular weight excluding hydrogens is 361 g/mol. The summed E-state index contributed by atoms with van der Waals surface area (Å²) >= 11 is 0. The highest BCUT2D eigenvalue weighted by Gasteiger charge is 2.55. The number of carbonyl (C=O) groups excluding carboxylic acids is 1. The lowest BCUT2D eigenvalue weighted by Gasteiger charge is -2.23. The van der Waals surface area contributed by atoms with Crippen LogP contribution >= 0.6 is 0 Å². The number of hydrogen-bond donors (Lipinski definition) is 2. The fraction of sp³-hybridized carbons (Fsp3) is 0.474. The van der Waals surface area contributed by atoms with Crippen LogP contribution in [0.2, 0.25) is 0 Å². The standard InChI is InChI=1S/C19H19F3N2O3/c20-19(21,22)14-6-1-4-13(10-14)5-3-9-23-17(27)24-11-15-7-2-8-18(15,12-24)16(25)26/h1,4,6,10,15H,2,7-9,11-12H2,(H,23,27)(H,25,26)/t15-,18+/m0/s1. The van der Waals surface area contributed by atoms with Crippen molar-refractivity contribution in [3.05, 3.63) is 35.4 Å². The number of carboxylic acids is 1. The second kappa shape index (κ2) is 7.14. The largest absolute Gasteiger partial charge is 0.481 e. The Morgan fingerprint density at radius 1 is 1.37 bits per heavy atom. The summed E-state index contributed by atoms with van der Waals surface area (Å²) in [5.41, 5.74) is -1.42. The number of rotatable bonds is 2. The number of fused-ring (bicyclic) bond motifs is 1. The Morgan fingerprint density at radius 2 is 2.15 bits per heavy atom. The number of carbonyl (C=O) groups is 2. The first kappa shape index (κ1) is 19.1. The highest BCUT2D eigenvalue weighted by molar-refractivity contribution is 5.80. The number of likely N-dealkylation sites (tertiary alicyclic amines) is 1. The van der Waals surface area contributed by atoms with Gasteiger partial charge in [-0.15, -0.1) is 0 Å². The molecule has 0 unspecified atom stereocenters. The van der Waals surface area contributed by atoms with Crippen molar-refractivity contribution >= 4 is 12.0 Å². The molecule has 27 heavy (non-hydrogen) atoms. The van der Waals surface area contributed by atoms with Gasteiger partial charge in [-0.3, -0.25) is 4.79 Å². The minimum absolute atomic E-state index is 0.0306. The van der Waals surface area contributed by atoms with E-state index >= 15 is 0 Å². The highest BCUT2D eigenvalue weighted by Crippen LogP contribution is 2.48. The van der Waals surface area contributed by atoms with Crippen molar-refractivity contribution < 1.29 is 27.9 Å². The number of hydrogen-bond acceptors (Lipinski definition) is 2. The molecule has 2 amide bonds. The maximum atomic E-state index is 12.7. The average Bonchev–Trinajstić information content (AvgIpc) is 3.16. The molecule has 0 aromatic heterocycles. The molecule has 0 radical (unpaired) electrons. The van der Waals surface area contributed by atoms with Crippen LogP contribution in [0.3, 0.4) is 0 Å². The first-order chi connectivity index (χ1) is 12.7. The predicted molar refractivity (Wildman–Crippen MR) is 90.7 cm³/mol. The van der Waals surface area contributed by atoms with Gasteiger partial charge < -0.3 is 15.3 Å². The Morgan fingerprint density at radius 3 is 2.81 bits per heavy atom. The van der Waals surface area contributed by atoms with Gasteiger partial charge in [0.25, 0.3) is 0 Å². The summed E-state index contributed by atoms with van der Waals surface area (Å²) in [7, 11) is 0. The number of halogens is 3. The lowest BCUT2D eigenvalue weighted by Crippen LogP contribution is -2.41. The van der Waals surface area contributed by atoms with Crippen LogP contribution in [-0.2, 0) is 11.0 Å². The third-order valence-electron chi connectivity index (χ3n) is 5.33. The van der Waals surface area contributed by atoms with Crippen LogP contribution in [0.25, 0.3) is 0 Å². The van der Waals surface area contributed by atoms with E-state index < -0.39 is 29.2 Å². The zero-order valence-corrected chi connectivity index (χ0v) is 14.5. The molecule has 2 fully saturated rings. The average molecular weight is 380 g/mol. The normalized spacial score (nSPS) is 24.1. The Balaban J connectivity index is 1.56. The van der Waals surface area contributed by atoms with Gasteiger partial charge in [0, 0.05) is 18.7 Å². The molecule has 5 nitrogen and oxygen atoms in total. The van der Waals surface area contributed by atoms with Crippen LogP contribution in [0.5, 0.6) is 0 Å². The fourth-order valence-electron chi connectivity index (χ4n) is 3.94. The number of carboxylic acid groups (broad SMARTS) is 1. The minimum Gasteiger partial charge on any atom is -0.481 e. The number of urea groups is 1. The molecule has 0 bridgehead atoms. The zero-order valence-electron chi connectivity index (χ0n) is 14.5. The number of nitrogens with one attached hydrogen (secondary N) is 1. The van der Waals surface area contributed by atoms with E-state index in [1.54, 1.807) is 0 Å². The molecule has 1 saturated heterocycles. The first-order valence-electron chi connectivity index (χ1n) is 8.65. The van der Waals surface area contributed by atoms with Gasteiger partial charge in [-0.1, -0.05) is 24.3 Å². The van der Waals surface area contributed by atoms with E-state index in [-0.39, 0.29) is 24.6 Å². The van der Waals surface area contributed by atoms with E-state index in [0.717, 1.165) is 25.0 Å². The number of benzene rings is 1.